The maximum Gasteiger partial charge on any atom is 0.0582 e. The summed E-state index contributed by atoms with van der Waals surface area (Å²) in [5, 5.41) is 8.45. The molecule has 2 atom stereocenters. The van der Waals surface area contributed by atoms with Crippen LogP contribution in [0.1, 0.15) is 79.8 Å². The summed E-state index contributed by atoms with van der Waals surface area (Å²) < 4.78 is 0. The molecule has 0 radical (unpaired) electrons. The molecule has 0 saturated heterocycles. The van der Waals surface area contributed by atoms with Gasteiger partial charge in [0.2, 0.25) is 0 Å². The summed E-state index contributed by atoms with van der Waals surface area (Å²) in [4.78, 5) is 0. The van der Waals surface area contributed by atoms with Crippen molar-refractivity contribution >= 4 is 0 Å². The minimum Gasteiger partial charge on any atom is -0.298 e. The molecule has 0 fully saturated rings. The molecule has 46 heavy (non-hydrogen) atoms. The molecule has 0 aromatic heterocycles. The average Bonchev–Trinajstić information content (AvgIpc) is 3.07. The molecule has 0 bridgehead atoms. The van der Waals surface area contributed by atoms with Crippen LogP contribution in [0.15, 0.2) is 158 Å². The van der Waals surface area contributed by atoms with Crippen LogP contribution in [0.3, 0.4) is 0 Å². The lowest BCUT2D eigenvalue weighted by molar-refractivity contribution is 0.346. The SMILES string of the molecule is Cc1cccc(C(NC(c2ccccc2)C(NC(c2cccc(C)c2)c2cccc(C)c2)c2ccccc2)c2cccc(C)c2)c1. The van der Waals surface area contributed by atoms with Crippen molar-refractivity contribution in [2.24, 2.45) is 0 Å². The molecule has 6 aromatic rings. The van der Waals surface area contributed by atoms with Crippen molar-refractivity contribution in [3.05, 3.63) is 213 Å². The van der Waals surface area contributed by atoms with Crippen LogP contribution in [-0.2, 0) is 0 Å². The Kier molecular flexibility index (Phi) is 9.88. The Morgan fingerprint density at radius 1 is 0.304 bits per heavy atom. The molecular formula is C44H44N2. The lowest BCUT2D eigenvalue weighted by atomic mass is 9.87. The van der Waals surface area contributed by atoms with Gasteiger partial charge in [0, 0.05) is 0 Å². The van der Waals surface area contributed by atoms with Crippen LogP contribution < -0.4 is 10.6 Å². The van der Waals surface area contributed by atoms with Crippen molar-refractivity contribution in [1.29, 1.82) is 0 Å². The molecule has 0 heterocycles. The molecular weight excluding hydrogens is 556 g/mol. The Labute approximate surface area is 275 Å². The van der Waals surface area contributed by atoms with E-state index in [1.165, 1.54) is 55.6 Å². The van der Waals surface area contributed by atoms with Gasteiger partial charge in [-0.3, -0.25) is 10.6 Å². The monoisotopic (exact) mass is 600 g/mol. The van der Waals surface area contributed by atoms with Gasteiger partial charge in [0.1, 0.15) is 0 Å². The molecule has 2 N–H and O–H groups in total. The van der Waals surface area contributed by atoms with Crippen molar-refractivity contribution in [3.63, 3.8) is 0 Å². The third-order valence-corrected chi connectivity index (χ3v) is 8.85. The number of benzene rings is 6. The fourth-order valence-electron chi connectivity index (χ4n) is 6.62. The fourth-order valence-corrected chi connectivity index (χ4v) is 6.62. The Balaban J connectivity index is 1.52. The van der Waals surface area contributed by atoms with Crippen LogP contribution in [0.2, 0.25) is 0 Å². The van der Waals surface area contributed by atoms with E-state index in [2.05, 4.69) is 196 Å². The summed E-state index contributed by atoms with van der Waals surface area (Å²) in [6, 6.07) is 57.3. The molecule has 0 aliphatic heterocycles. The van der Waals surface area contributed by atoms with Crippen LogP contribution in [0.4, 0.5) is 0 Å². The minimum atomic E-state index is -0.0632. The van der Waals surface area contributed by atoms with Gasteiger partial charge in [0.25, 0.3) is 0 Å². The summed E-state index contributed by atoms with van der Waals surface area (Å²) in [5.74, 6) is 0. The number of nitrogens with one attached hydrogen (secondary N) is 2. The highest BCUT2D eigenvalue weighted by Gasteiger charge is 2.31. The van der Waals surface area contributed by atoms with Gasteiger partial charge in [-0.2, -0.15) is 0 Å². The molecule has 0 spiro atoms. The maximum absolute atomic E-state index is 4.22. The first kappa shape index (κ1) is 31.2. The topological polar surface area (TPSA) is 24.1 Å². The van der Waals surface area contributed by atoms with Crippen LogP contribution >= 0.6 is 0 Å². The zero-order valence-electron chi connectivity index (χ0n) is 27.3. The molecule has 0 amide bonds. The molecule has 6 aromatic carbocycles. The highest BCUT2D eigenvalue weighted by Crippen LogP contribution is 2.37. The summed E-state index contributed by atoms with van der Waals surface area (Å²) >= 11 is 0. The zero-order valence-corrected chi connectivity index (χ0v) is 27.3. The molecule has 2 heteroatoms. The summed E-state index contributed by atoms with van der Waals surface area (Å²) in [5.41, 5.74) is 12.5. The molecule has 2 unspecified atom stereocenters. The smallest absolute Gasteiger partial charge is 0.0582 e. The lowest BCUT2D eigenvalue weighted by Crippen LogP contribution is -2.39. The Morgan fingerprint density at radius 2 is 0.565 bits per heavy atom. The van der Waals surface area contributed by atoms with E-state index in [0.29, 0.717) is 0 Å². The third-order valence-electron chi connectivity index (χ3n) is 8.85. The van der Waals surface area contributed by atoms with Gasteiger partial charge < -0.3 is 0 Å². The van der Waals surface area contributed by atoms with Crippen LogP contribution in [0.25, 0.3) is 0 Å². The van der Waals surface area contributed by atoms with E-state index in [4.69, 9.17) is 0 Å². The minimum absolute atomic E-state index is 0.0191. The quantitative estimate of drug-likeness (QED) is 0.155. The molecule has 2 nitrogen and oxygen atoms in total. The second-order valence-electron chi connectivity index (χ2n) is 12.6. The second-order valence-corrected chi connectivity index (χ2v) is 12.6. The van der Waals surface area contributed by atoms with E-state index in [-0.39, 0.29) is 24.2 Å². The third kappa shape index (κ3) is 7.54. The van der Waals surface area contributed by atoms with Crippen LogP contribution in [0.5, 0.6) is 0 Å². The van der Waals surface area contributed by atoms with E-state index >= 15 is 0 Å². The fraction of sp³-hybridized carbons (Fsp3) is 0.182. The maximum atomic E-state index is 4.22. The molecule has 0 aliphatic rings. The molecule has 6 rings (SSSR count). The molecule has 0 saturated carbocycles. The van der Waals surface area contributed by atoms with Gasteiger partial charge in [-0.25, -0.2) is 0 Å². The normalized spacial score (nSPS) is 12.7. The summed E-state index contributed by atoms with van der Waals surface area (Å²) in [6.07, 6.45) is 0. The zero-order chi connectivity index (χ0) is 31.9. The molecule has 0 aliphatic carbocycles. The predicted octanol–water partition coefficient (Wildman–Crippen LogP) is 10.5. The van der Waals surface area contributed by atoms with Gasteiger partial charge in [-0.15, -0.1) is 0 Å². The van der Waals surface area contributed by atoms with Crippen molar-refractivity contribution in [2.45, 2.75) is 51.9 Å². The van der Waals surface area contributed by atoms with E-state index < -0.39 is 0 Å². The van der Waals surface area contributed by atoms with Crippen molar-refractivity contribution in [2.75, 3.05) is 0 Å². The first-order valence-corrected chi connectivity index (χ1v) is 16.3. The number of hydrogen-bond acceptors (Lipinski definition) is 2. The molecule has 230 valence electrons. The number of rotatable bonds is 11. The second kappa shape index (κ2) is 14.6. The van der Waals surface area contributed by atoms with E-state index in [1.807, 2.05) is 0 Å². The standard InChI is InChI=1S/C44H44N2/c1-31-15-11-23-37(27-31)41(38-24-12-16-32(2)28-38)45-43(35-19-7-5-8-20-35)44(36-21-9-6-10-22-36)46-42(39-25-13-17-33(3)29-39)40-26-14-18-34(4)30-40/h5-30,41-46H,1-4H3. The lowest BCUT2D eigenvalue weighted by Gasteiger charge is -2.37. The predicted molar refractivity (Wildman–Crippen MR) is 193 cm³/mol. The first-order chi connectivity index (χ1) is 22.4. The Morgan fingerprint density at radius 3 is 0.826 bits per heavy atom. The number of hydrogen-bond donors (Lipinski definition) is 2. The summed E-state index contributed by atoms with van der Waals surface area (Å²) in [7, 11) is 0. The van der Waals surface area contributed by atoms with Gasteiger partial charge in [0.15, 0.2) is 0 Å². The van der Waals surface area contributed by atoms with Crippen molar-refractivity contribution < 1.29 is 0 Å². The van der Waals surface area contributed by atoms with E-state index in [0.717, 1.165) is 0 Å². The highest BCUT2D eigenvalue weighted by molar-refractivity contribution is 5.40. The largest absolute Gasteiger partial charge is 0.298 e. The first-order valence-electron chi connectivity index (χ1n) is 16.3. The van der Waals surface area contributed by atoms with Crippen LogP contribution in [0, 0.1) is 27.7 Å². The average molecular weight is 601 g/mol. The highest BCUT2D eigenvalue weighted by atomic mass is 15.1. The van der Waals surface area contributed by atoms with Gasteiger partial charge >= 0.3 is 0 Å². The van der Waals surface area contributed by atoms with Gasteiger partial charge in [-0.05, 0) is 61.1 Å². The Hall–Kier alpha value is -4.76. The van der Waals surface area contributed by atoms with Gasteiger partial charge in [0.05, 0.1) is 24.2 Å². The van der Waals surface area contributed by atoms with Gasteiger partial charge in [-0.1, -0.05) is 180 Å². The summed E-state index contributed by atoms with van der Waals surface area (Å²) in [6.45, 7) is 8.70. The van der Waals surface area contributed by atoms with Crippen molar-refractivity contribution in [1.82, 2.24) is 10.6 Å². The Bertz CT molecular complexity index is 1630. The number of aryl methyl sites for hydroxylation is 4. The van der Waals surface area contributed by atoms with Crippen molar-refractivity contribution in [3.8, 4) is 0 Å². The van der Waals surface area contributed by atoms with E-state index in [9.17, 15) is 0 Å². The van der Waals surface area contributed by atoms with E-state index in [1.54, 1.807) is 0 Å². The van der Waals surface area contributed by atoms with Crippen LogP contribution in [-0.4, -0.2) is 0 Å².